The molecule has 1 aromatic heterocycles. The van der Waals surface area contributed by atoms with Crippen LogP contribution in [0.1, 0.15) is 32.2 Å². The zero-order chi connectivity index (χ0) is 19.2. The summed E-state index contributed by atoms with van der Waals surface area (Å²) in [5.41, 5.74) is 1.27. The highest BCUT2D eigenvalue weighted by atomic mass is 127. The van der Waals surface area contributed by atoms with Gasteiger partial charge in [0.2, 0.25) is 0 Å². The minimum atomic E-state index is 0. The van der Waals surface area contributed by atoms with Crippen LogP contribution in [0.15, 0.2) is 47.7 Å². The Labute approximate surface area is 185 Å². The third-order valence-corrected chi connectivity index (χ3v) is 5.33. The Hall–Kier alpha value is -1.61. The van der Waals surface area contributed by atoms with Gasteiger partial charge >= 0.3 is 0 Å². The van der Waals surface area contributed by atoms with Crippen molar-refractivity contribution in [2.24, 2.45) is 10.9 Å². The molecule has 2 atom stereocenters. The Morgan fingerprint density at radius 3 is 2.64 bits per heavy atom. The number of imidazole rings is 1. The summed E-state index contributed by atoms with van der Waals surface area (Å²) in [5, 5.41) is 7.02. The van der Waals surface area contributed by atoms with E-state index in [2.05, 4.69) is 75.1 Å². The molecule has 0 saturated carbocycles. The summed E-state index contributed by atoms with van der Waals surface area (Å²) in [6, 6.07) is 11.5. The van der Waals surface area contributed by atoms with Gasteiger partial charge in [-0.15, -0.1) is 24.0 Å². The van der Waals surface area contributed by atoms with Crippen LogP contribution in [0.4, 0.5) is 0 Å². The largest absolute Gasteiger partial charge is 0.352 e. The van der Waals surface area contributed by atoms with Gasteiger partial charge in [0.15, 0.2) is 5.96 Å². The van der Waals surface area contributed by atoms with Crippen LogP contribution in [0.25, 0.3) is 0 Å². The molecule has 1 saturated heterocycles. The van der Waals surface area contributed by atoms with Gasteiger partial charge in [-0.1, -0.05) is 37.3 Å². The highest BCUT2D eigenvalue weighted by Crippen LogP contribution is 2.18. The highest BCUT2D eigenvalue weighted by molar-refractivity contribution is 14.0. The second kappa shape index (κ2) is 10.8. The van der Waals surface area contributed by atoms with Crippen molar-refractivity contribution in [3.05, 3.63) is 54.1 Å². The fourth-order valence-corrected chi connectivity index (χ4v) is 3.58. The molecule has 28 heavy (non-hydrogen) atoms. The number of halogens is 1. The number of likely N-dealkylation sites (tertiary alicyclic amines) is 1. The van der Waals surface area contributed by atoms with Crippen LogP contribution in [0.5, 0.6) is 0 Å². The average Bonchev–Trinajstić information content (AvgIpc) is 3.26. The topological polar surface area (TPSA) is 57.5 Å². The predicted octanol–water partition coefficient (Wildman–Crippen LogP) is 2.94. The Kier molecular flexibility index (Phi) is 8.75. The summed E-state index contributed by atoms with van der Waals surface area (Å²) in [6.07, 6.45) is 3.88. The maximum atomic E-state index is 4.51. The van der Waals surface area contributed by atoms with Gasteiger partial charge in [0.05, 0.1) is 6.54 Å². The number of nitrogens with one attached hydrogen (secondary N) is 2. The lowest BCUT2D eigenvalue weighted by atomic mass is 10.1. The van der Waals surface area contributed by atoms with E-state index in [-0.39, 0.29) is 24.0 Å². The molecule has 2 heterocycles. The SMILES string of the molecule is CN=C(NCc1nccn1Cc1ccccc1)NC1CN(C(C)C)CC1C.I. The van der Waals surface area contributed by atoms with Gasteiger partial charge in [-0.05, 0) is 25.3 Å². The molecule has 2 N–H and O–H groups in total. The first-order valence-electron chi connectivity index (χ1n) is 9.82. The van der Waals surface area contributed by atoms with Crippen LogP contribution in [0, 0.1) is 5.92 Å². The van der Waals surface area contributed by atoms with Gasteiger partial charge in [-0.3, -0.25) is 9.89 Å². The van der Waals surface area contributed by atoms with E-state index in [0.29, 0.717) is 24.5 Å². The van der Waals surface area contributed by atoms with Gasteiger partial charge in [-0.2, -0.15) is 0 Å². The van der Waals surface area contributed by atoms with Crippen LogP contribution in [0.3, 0.4) is 0 Å². The van der Waals surface area contributed by atoms with E-state index in [1.165, 1.54) is 5.56 Å². The quantitative estimate of drug-likeness (QED) is 0.367. The fourth-order valence-electron chi connectivity index (χ4n) is 3.58. The molecule has 3 rings (SSSR count). The zero-order valence-corrected chi connectivity index (χ0v) is 19.6. The van der Waals surface area contributed by atoms with Gasteiger partial charge in [-0.25, -0.2) is 4.98 Å². The van der Waals surface area contributed by atoms with Crippen molar-refractivity contribution in [3.8, 4) is 0 Å². The van der Waals surface area contributed by atoms with E-state index in [1.807, 2.05) is 25.5 Å². The highest BCUT2D eigenvalue weighted by Gasteiger charge is 2.31. The van der Waals surface area contributed by atoms with Crippen LogP contribution in [-0.4, -0.2) is 52.6 Å². The third-order valence-electron chi connectivity index (χ3n) is 5.33. The molecule has 0 spiro atoms. The molecule has 0 radical (unpaired) electrons. The first kappa shape index (κ1) is 22.7. The van der Waals surface area contributed by atoms with Crippen LogP contribution in [0.2, 0.25) is 0 Å². The molecule has 154 valence electrons. The molecule has 2 unspecified atom stereocenters. The van der Waals surface area contributed by atoms with E-state index in [1.54, 1.807) is 0 Å². The Morgan fingerprint density at radius 2 is 2.00 bits per heavy atom. The molecular formula is C21H33IN6. The van der Waals surface area contributed by atoms with E-state index < -0.39 is 0 Å². The number of aliphatic imine (C=N–C) groups is 1. The van der Waals surface area contributed by atoms with E-state index in [0.717, 1.165) is 31.4 Å². The molecule has 2 aromatic rings. The van der Waals surface area contributed by atoms with E-state index >= 15 is 0 Å². The smallest absolute Gasteiger partial charge is 0.191 e. The maximum absolute atomic E-state index is 4.51. The van der Waals surface area contributed by atoms with Crippen molar-refractivity contribution in [1.29, 1.82) is 0 Å². The zero-order valence-electron chi connectivity index (χ0n) is 17.3. The normalized spacial score (nSPS) is 20.2. The van der Waals surface area contributed by atoms with Crippen molar-refractivity contribution in [1.82, 2.24) is 25.1 Å². The summed E-state index contributed by atoms with van der Waals surface area (Å²) >= 11 is 0. The number of benzene rings is 1. The lowest BCUT2D eigenvalue weighted by Crippen LogP contribution is -2.46. The minimum absolute atomic E-state index is 0. The molecule has 1 aliphatic rings. The predicted molar refractivity (Wildman–Crippen MR) is 126 cm³/mol. The number of hydrogen-bond donors (Lipinski definition) is 2. The molecule has 6 nitrogen and oxygen atoms in total. The van der Waals surface area contributed by atoms with Gasteiger partial charge in [0, 0.05) is 51.2 Å². The van der Waals surface area contributed by atoms with E-state index in [9.17, 15) is 0 Å². The molecule has 1 aromatic carbocycles. The molecular weight excluding hydrogens is 463 g/mol. The van der Waals surface area contributed by atoms with E-state index in [4.69, 9.17) is 0 Å². The summed E-state index contributed by atoms with van der Waals surface area (Å²) in [7, 11) is 1.83. The standard InChI is InChI=1S/C21H32N6.HI/c1-16(2)27-13-17(3)19(15-27)25-21(22-4)24-12-20-23-10-11-26(20)14-18-8-6-5-7-9-18;/h5-11,16-17,19H,12-15H2,1-4H3,(H2,22,24,25);1H. The summed E-state index contributed by atoms with van der Waals surface area (Å²) in [4.78, 5) is 11.4. The summed E-state index contributed by atoms with van der Waals surface area (Å²) < 4.78 is 2.17. The van der Waals surface area contributed by atoms with Crippen LogP contribution >= 0.6 is 24.0 Å². The number of nitrogens with zero attached hydrogens (tertiary/aromatic N) is 4. The second-order valence-corrected chi connectivity index (χ2v) is 7.66. The first-order chi connectivity index (χ1) is 13.1. The number of aromatic nitrogens is 2. The number of rotatable bonds is 6. The van der Waals surface area contributed by atoms with Crippen molar-refractivity contribution in [2.45, 2.75) is 45.9 Å². The maximum Gasteiger partial charge on any atom is 0.191 e. The van der Waals surface area contributed by atoms with Gasteiger partial charge in [0.1, 0.15) is 5.82 Å². The molecule has 0 amide bonds. The number of guanidine groups is 1. The summed E-state index contributed by atoms with van der Waals surface area (Å²) in [6.45, 7) is 10.5. The first-order valence-corrected chi connectivity index (χ1v) is 9.82. The minimum Gasteiger partial charge on any atom is -0.352 e. The molecule has 0 aliphatic carbocycles. The van der Waals surface area contributed by atoms with Crippen LogP contribution in [-0.2, 0) is 13.1 Å². The van der Waals surface area contributed by atoms with Crippen molar-refractivity contribution >= 4 is 29.9 Å². The molecule has 1 fully saturated rings. The molecule has 1 aliphatic heterocycles. The Balaban J connectivity index is 0.00000280. The Bertz CT molecular complexity index is 742. The molecule has 7 heteroatoms. The second-order valence-electron chi connectivity index (χ2n) is 7.66. The van der Waals surface area contributed by atoms with Crippen molar-refractivity contribution in [3.63, 3.8) is 0 Å². The molecule has 0 bridgehead atoms. The Morgan fingerprint density at radius 1 is 1.25 bits per heavy atom. The fraction of sp³-hybridized carbons (Fsp3) is 0.524. The third kappa shape index (κ3) is 5.94. The van der Waals surface area contributed by atoms with Gasteiger partial charge in [0.25, 0.3) is 0 Å². The van der Waals surface area contributed by atoms with Crippen molar-refractivity contribution < 1.29 is 0 Å². The lowest BCUT2D eigenvalue weighted by Gasteiger charge is -2.22. The average molecular weight is 496 g/mol. The number of hydrogen-bond acceptors (Lipinski definition) is 3. The van der Waals surface area contributed by atoms with Crippen molar-refractivity contribution in [2.75, 3.05) is 20.1 Å². The monoisotopic (exact) mass is 496 g/mol. The van der Waals surface area contributed by atoms with Crippen LogP contribution < -0.4 is 10.6 Å². The summed E-state index contributed by atoms with van der Waals surface area (Å²) in [5.74, 6) is 2.45. The lowest BCUT2D eigenvalue weighted by molar-refractivity contribution is 0.265. The van der Waals surface area contributed by atoms with Gasteiger partial charge < -0.3 is 15.2 Å².